The van der Waals surface area contributed by atoms with Crippen molar-refractivity contribution in [3.63, 3.8) is 0 Å². The summed E-state index contributed by atoms with van der Waals surface area (Å²) in [4.78, 5) is 8.81. The SMILES string of the molecule is Cc1nc2cc(OC[C@H](O)CN3CCN(CCS(=O)(=O)Nc4ccccc4)CC3)ccc2s1. The quantitative estimate of drug-likeness (QED) is 0.451. The zero-order valence-electron chi connectivity index (χ0n) is 18.7. The topological polar surface area (TPSA) is 95.0 Å². The molecule has 1 aliphatic rings. The molecule has 2 N–H and O–H groups in total. The Morgan fingerprint density at radius 3 is 2.61 bits per heavy atom. The van der Waals surface area contributed by atoms with Crippen LogP contribution in [0.25, 0.3) is 10.2 Å². The van der Waals surface area contributed by atoms with Gasteiger partial charge in [-0.1, -0.05) is 18.2 Å². The van der Waals surface area contributed by atoms with Crippen LogP contribution in [-0.4, -0.2) is 86.0 Å². The predicted molar refractivity (Wildman–Crippen MR) is 133 cm³/mol. The van der Waals surface area contributed by atoms with Crippen LogP contribution in [0.15, 0.2) is 48.5 Å². The molecule has 2 heterocycles. The third kappa shape index (κ3) is 7.12. The molecule has 0 saturated carbocycles. The summed E-state index contributed by atoms with van der Waals surface area (Å²) in [7, 11) is -3.38. The lowest BCUT2D eigenvalue weighted by molar-refractivity contribution is 0.0472. The Hall–Kier alpha value is -2.24. The molecule has 2 aromatic carbocycles. The molecule has 10 heteroatoms. The highest BCUT2D eigenvalue weighted by atomic mass is 32.2. The standard InChI is InChI=1S/C23H30N4O4S2/c1-18-24-22-15-21(7-8-23(22)32-18)31-17-20(28)16-27-11-9-26(10-12-27)13-14-33(29,30)25-19-5-3-2-4-6-19/h2-8,15,20,25,28H,9-14,16-17H2,1H3/t20-/m1/s1. The van der Waals surface area contributed by atoms with Gasteiger partial charge in [-0.15, -0.1) is 11.3 Å². The molecule has 1 fully saturated rings. The molecule has 1 aliphatic heterocycles. The molecule has 8 nitrogen and oxygen atoms in total. The molecule has 4 rings (SSSR count). The van der Waals surface area contributed by atoms with Gasteiger partial charge in [0.05, 0.1) is 21.0 Å². The maximum atomic E-state index is 12.3. The Morgan fingerprint density at radius 1 is 1.12 bits per heavy atom. The zero-order chi connectivity index (χ0) is 23.3. The fraction of sp³-hybridized carbons (Fsp3) is 0.435. The maximum absolute atomic E-state index is 12.3. The summed E-state index contributed by atoms with van der Waals surface area (Å²) in [5, 5.41) is 11.4. The summed E-state index contributed by atoms with van der Waals surface area (Å²) in [6.07, 6.45) is -0.597. The summed E-state index contributed by atoms with van der Waals surface area (Å²) < 4.78 is 34.2. The van der Waals surface area contributed by atoms with Gasteiger partial charge in [-0.05, 0) is 31.2 Å². The zero-order valence-corrected chi connectivity index (χ0v) is 20.3. The molecule has 0 unspecified atom stereocenters. The Balaban J connectivity index is 1.15. The number of thiazole rings is 1. The number of fused-ring (bicyclic) bond motifs is 1. The number of benzene rings is 2. The molecule has 0 amide bonds. The van der Waals surface area contributed by atoms with Crippen LogP contribution in [0.3, 0.4) is 0 Å². The van der Waals surface area contributed by atoms with Crippen molar-refractivity contribution in [1.82, 2.24) is 14.8 Å². The molecular formula is C23H30N4O4S2. The van der Waals surface area contributed by atoms with E-state index in [0.717, 1.165) is 41.4 Å². The number of aromatic nitrogens is 1. The number of para-hydroxylation sites is 1. The maximum Gasteiger partial charge on any atom is 0.233 e. The van der Waals surface area contributed by atoms with Gasteiger partial charge in [-0.25, -0.2) is 13.4 Å². The van der Waals surface area contributed by atoms with E-state index >= 15 is 0 Å². The monoisotopic (exact) mass is 490 g/mol. The number of nitrogens with one attached hydrogen (secondary N) is 1. The number of rotatable bonds is 10. The molecule has 178 valence electrons. The minimum atomic E-state index is -3.38. The Kier molecular flexibility index (Phi) is 7.82. The summed E-state index contributed by atoms with van der Waals surface area (Å²) in [6, 6.07) is 14.7. The molecule has 0 radical (unpaired) electrons. The van der Waals surface area contributed by atoms with Crippen molar-refractivity contribution in [2.75, 3.05) is 56.4 Å². The molecular weight excluding hydrogens is 460 g/mol. The van der Waals surface area contributed by atoms with E-state index in [9.17, 15) is 13.5 Å². The number of hydrogen-bond acceptors (Lipinski definition) is 8. The van der Waals surface area contributed by atoms with Crippen LogP contribution in [0.1, 0.15) is 5.01 Å². The summed E-state index contributed by atoms with van der Waals surface area (Å²) in [5.74, 6) is 0.767. The number of hydrogen-bond donors (Lipinski definition) is 2. The number of nitrogens with zero attached hydrogens (tertiary/aromatic N) is 3. The lowest BCUT2D eigenvalue weighted by Gasteiger charge is -2.35. The van der Waals surface area contributed by atoms with Crippen molar-refractivity contribution < 1.29 is 18.3 Å². The van der Waals surface area contributed by atoms with Crippen LogP contribution in [0.4, 0.5) is 5.69 Å². The number of anilines is 1. The van der Waals surface area contributed by atoms with Crippen LogP contribution < -0.4 is 9.46 Å². The fourth-order valence-electron chi connectivity index (χ4n) is 3.84. The van der Waals surface area contributed by atoms with Crippen molar-refractivity contribution in [3.05, 3.63) is 53.5 Å². The van der Waals surface area contributed by atoms with E-state index in [4.69, 9.17) is 4.74 Å². The highest BCUT2D eigenvalue weighted by molar-refractivity contribution is 7.92. The molecule has 0 spiro atoms. The van der Waals surface area contributed by atoms with E-state index < -0.39 is 16.1 Å². The van der Waals surface area contributed by atoms with Gasteiger partial charge in [0.1, 0.15) is 18.5 Å². The second-order valence-electron chi connectivity index (χ2n) is 8.26. The van der Waals surface area contributed by atoms with E-state index in [1.54, 1.807) is 35.6 Å². The number of piperazine rings is 1. The average Bonchev–Trinajstić information content (AvgIpc) is 3.17. The number of sulfonamides is 1. The van der Waals surface area contributed by atoms with Crippen molar-refractivity contribution in [3.8, 4) is 5.75 Å². The van der Waals surface area contributed by atoms with Gasteiger partial charge in [0.25, 0.3) is 0 Å². The van der Waals surface area contributed by atoms with Gasteiger partial charge in [-0.2, -0.15) is 0 Å². The van der Waals surface area contributed by atoms with Gasteiger partial charge in [0.2, 0.25) is 10.0 Å². The van der Waals surface area contributed by atoms with Crippen LogP contribution >= 0.6 is 11.3 Å². The molecule has 1 aromatic heterocycles. The minimum absolute atomic E-state index is 0.0568. The highest BCUT2D eigenvalue weighted by Crippen LogP contribution is 2.25. The number of aliphatic hydroxyl groups excluding tert-OH is 1. The number of aryl methyl sites for hydroxylation is 1. The smallest absolute Gasteiger partial charge is 0.233 e. The molecule has 1 saturated heterocycles. The van der Waals surface area contributed by atoms with Gasteiger partial charge >= 0.3 is 0 Å². The first kappa shape index (κ1) is 23.9. The van der Waals surface area contributed by atoms with E-state index in [1.807, 2.05) is 31.2 Å². The highest BCUT2D eigenvalue weighted by Gasteiger charge is 2.21. The van der Waals surface area contributed by atoms with Gasteiger partial charge < -0.3 is 9.84 Å². The van der Waals surface area contributed by atoms with E-state index in [-0.39, 0.29) is 12.4 Å². The van der Waals surface area contributed by atoms with Gasteiger partial charge in [0, 0.05) is 51.0 Å². The Bertz CT molecular complexity index is 1150. The second kappa shape index (κ2) is 10.8. The number of β-amino-alcohol motifs (C(OH)–C–C–N with tert-alkyl or cyclic N) is 1. The average molecular weight is 491 g/mol. The first-order chi connectivity index (χ1) is 15.9. The molecule has 1 atom stereocenters. The van der Waals surface area contributed by atoms with Crippen LogP contribution in [0.5, 0.6) is 5.75 Å². The second-order valence-corrected chi connectivity index (χ2v) is 11.3. The van der Waals surface area contributed by atoms with E-state index in [1.165, 1.54) is 0 Å². The van der Waals surface area contributed by atoms with Crippen molar-refractivity contribution in [2.24, 2.45) is 0 Å². The summed E-state index contributed by atoms with van der Waals surface area (Å²) >= 11 is 1.65. The lowest BCUT2D eigenvalue weighted by Crippen LogP contribution is -2.50. The summed E-state index contributed by atoms with van der Waals surface area (Å²) in [5.41, 5.74) is 1.50. The van der Waals surface area contributed by atoms with Crippen LogP contribution in [0, 0.1) is 6.92 Å². The first-order valence-electron chi connectivity index (χ1n) is 11.0. The lowest BCUT2D eigenvalue weighted by atomic mass is 10.2. The predicted octanol–water partition coefficient (Wildman–Crippen LogP) is 2.40. The molecule has 0 aliphatic carbocycles. The Labute approximate surface area is 198 Å². The number of aliphatic hydroxyl groups is 1. The van der Waals surface area contributed by atoms with Crippen molar-refractivity contribution in [2.45, 2.75) is 13.0 Å². The van der Waals surface area contributed by atoms with E-state index in [0.29, 0.717) is 24.5 Å². The third-order valence-corrected chi connectivity index (χ3v) is 7.78. The normalized spacial score (nSPS) is 16.7. The summed E-state index contributed by atoms with van der Waals surface area (Å²) in [6.45, 7) is 6.33. The van der Waals surface area contributed by atoms with Gasteiger partial charge in [-0.3, -0.25) is 14.5 Å². The van der Waals surface area contributed by atoms with Crippen molar-refractivity contribution >= 4 is 37.3 Å². The molecule has 0 bridgehead atoms. The molecule has 3 aromatic rings. The fourth-order valence-corrected chi connectivity index (χ4v) is 5.74. The van der Waals surface area contributed by atoms with Crippen LogP contribution in [0.2, 0.25) is 0 Å². The minimum Gasteiger partial charge on any atom is -0.491 e. The third-order valence-electron chi connectivity index (χ3n) is 5.57. The van der Waals surface area contributed by atoms with Crippen LogP contribution in [-0.2, 0) is 10.0 Å². The largest absolute Gasteiger partial charge is 0.491 e. The van der Waals surface area contributed by atoms with E-state index in [2.05, 4.69) is 19.5 Å². The Morgan fingerprint density at radius 2 is 1.85 bits per heavy atom. The van der Waals surface area contributed by atoms with Crippen molar-refractivity contribution in [1.29, 1.82) is 0 Å². The number of ether oxygens (including phenoxy) is 1. The first-order valence-corrected chi connectivity index (χ1v) is 13.5. The molecule has 33 heavy (non-hydrogen) atoms. The van der Waals surface area contributed by atoms with Gasteiger partial charge in [0.15, 0.2) is 0 Å².